The fourth-order valence-corrected chi connectivity index (χ4v) is 3.32. The van der Waals surface area contributed by atoms with Crippen molar-refractivity contribution in [1.29, 1.82) is 0 Å². The third kappa shape index (κ3) is 3.57. The normalized spacial score (nSPS) is 13.8. The molecule has 2 aromatic carbocycles. The minimum Gasteiger partial charge on any atom is -0.355 e. The van der Waals surface area contributed by atoms with Crippen molar-refractivity contribution in [2.24, 2.45) is 0 Å². The second kappa shape index (κ2) is 7.23. The monoisotopic (exact) mass is 374 g/mol. The fourth-order valence-electron chi connectivity index (χ4n) is 3.32. The second-order valence-electron chi connectivity index (χ2n) is 7.95. The first-order chi connectivity index (χ1) is 13.4. The number of rotatable bonds is 5. The molecule has 1 N–H and O–H groups in total. The standard InChI is InChI=1S/C23H26N4O/c1-14(2)27(4)22-20-10-7-16(11-18(20)13-24-26-22)21-12-17(6-5-15(21)3)23(28)25-19-8-9-19/h5-7,10-14,19H,8-9H2,1-4H3,(H,25,28). The summed E-state index contributed by atoms with van der Waals surface area (Å²) in [6.45, 7) is 6.34. The van der Waals surface area contributed by atoms with Gasteiger partial charge in [-0.2, -0.15) is 5.10 Å². The van der Waals surface area contributed by atoms with Crippen molar-refractivity contribution >= 4 is 22.5 Å². The van der Waals surface area contributed by atoms with Crippen molar-refractivity contribution in [3.8, 4) is 11.1 Å². The van der Waals surface area contributed by atoms with Crippen molar-refractivity contribution in [2.45, 2.75) is 45.7 Å². The number of nitrogens with zero attached hydrogens (tertiary/aromatic N) is 3. The van der Waals surface area contributed by atoms with Crippen LogP contribution in [0.15, 0.2) is 42.6 Å². The van der Waals surface area contributed by atoms with E-state index < -0.39 is 0 Å². The van der Waals surface area contributed by atoms with Gasteiger partial charge < -0.3 is 10.2 Å². The van der Waals surface area contributed by atoms with E-state index in [-0.39, 0.29) is 5.91 Å². The molecule has 0 spiro atoms. The molecule has 1 aliphatic rings. The Morgan fingerprint density at radius 2 is 1.96 bits per heavy atom. The van der Waals surface area contributed by atoms with Crippen LogP contribution in [0.1, 0.15) is 42.6 Å². The van der Waals surface area contributed by atoms with Crippen molar-refractivity contribution in [2.75, 3.05) is 11.9 Å². The summed E-state index contributed by atoms with van der Waals surface area (Å²) in [5.74, 6) is 0.893. The summed E-state index contributed by atoms with van der Waals surface area (Å²) in [5.41, 5.74) is 4.00. The van der Waals surface area contributed by atoms with Crippen LogP contribution in [0.25, 0.3) is 21.9 Å². The molecular formula is C23H26N4O. The molecule has 0 bridgehead atoms. The summed E-state index contributed by atoms with van der Waals surface area (Å²) < 4.78 is 0. The topological polar surface area (TPSA) is 58.1 Å². The van der Waals surface area contributed by atoms with Gasteiger partial charge in [0.2, 0.25) is 0 Å². The third-order valence-corrected chi connectivity index (χ3v) is 5.47. The summed E-state index contributed by atoms with van der Waals surface area (Å²) in [5, 5.41) is 13.7. The zero-order chi connectivity index (χ0) is 19.8. The molecule has 1 aliphatic carbocycles. The molecule has 5 heteroatoms. The number of nitrogens with one attached hydrogen (secondary N) is 1. The second-order valence-corrected chi connectivity index (χ2v) is 7.95. The molecule has 0 radical (unpaired) electrons. The van der Waals surface area contributed by atoms with E-state index in [1.165, 1.54) is 0 Å². The summed E-state index contributed by atoms with van der Waals surface area (Å²) >= 11 is 0. The number of benzene rings is 2. The molecule has 1 aromatic heterocycles. The number of anilines is 1. The van der Waals surface area contributed by atoms with E-state index in [0.29, 0.717) is 17.6 Å². The number of carbonyl (C=O) groups is 1. The van der Waals surface area contributed by atoms with Gasteiger partial charge in [-0.1, -0.05) is 12.1 Å². The van der Waals surface area contributed by atoms with E-state index in [2.05, 4.69) is 59.4 Å². The zero-order valence-electron chi connectivity index (χ0n) is 16.9. The third-order valence-electron chi connectivity index (χ3n) is 5.47. The SMILES string of the molecule is Cc1ccc(C(=O)NC2CC2)cc1-c1ccc2c(N(C)C(C)C)nncc2c1. The smallest absolute Gasteiger partial charge is 0.251 e. The lowest BCUT2D eigenvalue weighted by atomic mass is 9.96. The first kappa shape index (κ1) is 18.4. The van der Waals surface area contributed by atoms with Gasteiger partial charge in [0.25, 0.3) is 5.91 Å². The Kier molecular flexibility index (Phi) is 4.75. The van der Waals surface area contributed by atoms with Crippen LogP contribution in [0.3, 0.4) is 0 Å². The number of amides is 1. The summed E-state index contributed by atoms with van der Waals surface area (Å²) in [6, 6.07) is 12.9. The Labute approximate surface area is 165 Å². The zero-order valence-corrected chi connectivity index (χ0v) is 16.9. The average Bonchev–Trinajstić information content (AvgIpc) is 3.50. The number of fused-ring (bicyclic) bond motifs is 1. The molecule has 0 unspecified atom stereocenters. The van der Waals surface area contributed by atoms with Gasteiger partial charge in [0.1, 0.15) is 0 Å². The number of carbonyl (C=O) groups excluding carboxylic acids is 1. The first-order valence-corrected chi connectivity index (χ1v) is 9.84. The van der Waals surface area contributed by atoms with E-state index in [0.717, 1.165) is 46.1 Å². The molecule has 3 aromatic rings. The lowest BCUT2D eigenvalue weighted by Crippen LogP contribution is -2.27. The molecule has 1 saturated carbocycles. The number of aryl methyl sites for hydroxylation is 1. The number of hydrogen-bond acceptors (Lipinski definition) is 4. The van der Waals surface area contributed by atoms with Crippen LogP contribution in [-0.2, 0) is 0 Å². The molecule has 0 saturated heterocycles. The van der Waals surface area contributed by atoms with Gasteiger partial charge in [0.05, 0.1) is 6.20 Å². The van der Waals surface area contributed by atoms with Gasteiger partial charge >= 0.3 is 0 Å². The molecule has 0 atom stereocenters. The Morgan fingerprint density at radius 1 is 1.18 bits per heavy atom. The lowest BCUT2D eigenvalue weighted by molar-refractivity contribution is 0.0951. The Morgan fingerprint density at radius 3 is 2.68 bits per heavy atom. The van der Waals surface area contributed by atoms with Crippen LogP contribution >= 0.6 is 0 Å². The minimum absolute atomic E-state index is 0.0104. The van der Waals surface area contributed by atoms with Crippen LogP contribution < -0.4 is 10.2 Å². The summed E-state index contributed by atoms with van der Waals surface area (Å²) in [6.07, 6.45) is 3.97. The molecule has 1 heterocycles. The van der Waals surface area contributed by atoms with Gasteiger partial charge in [-0.3, -0.25) is 4.79 Å². The van der Waals surface area contributed by atoms with Crippen LogP contribution in [0.4, 0.5) is 5.82 Å². The van der Waals surface area contributed by atoms with Crippen molar-refractivity contribution in [3.05, 3.63) is 53.7 Å². The van der Waals surface area contributed by atoms with Crippen molar-refractivity contribution in [1.82, 2.24) is 15.5 Å². The van der Waals surface area contributed by atoms with Gasteiger partial charge in [-0.25, -0.2) is 0 Å². The molecule has 4 rings (SSSR count). The molecular weight excluding hydrogens is 348 g/mol. The maximum absolute atomic E-state index is 12.5. The van der Waals surface area contributed by atoms with Crippen molar-refractivity contribution in [3.63, 3.8) is 0 Å². The van der Waals surface area contributed by atoms with Crippen molar-refractivity contribution < 1.29 is 4.79 Å². The van der Waals surface area contributed by atoms with Crippen LogP contribution in [0.2, 0.25) is 0 Å². The minimum atomic E-state index is 0.0104. The molecule has 0 aliphatic heterocycles. The number of hydrogen-bond donors (Lipinski definition) is 1. The first-order valence-electron chi connectivity index (χ1n) is 9.84. The summed E-state index contributed by atoms with van der Waals surface area (Å²) in [7, 11) is 2.04. The van der Waals surface area contributed by atoms with Crippen LogP contribution in [0, 0.1) is 6.92 Å². The molecule has 5 nitrogen and oxygen atoms in total. The van der Waals surface area contributed by atoms with Crippen LogP contribution in [0.5, 0.6) is 0 Å². The number of aromatic nitrogens is 2. The molecule has 1 fully saturated rings. The predicted octanol–water partition coefficient (Wildman–Crippen LogP) is 4.34. The highest BCUT2D eigenvalue weighted by Gasteiger charge is 2.24. The van der Waals surface area contributed by atoms with Gasteiger partial charge in [0, 0.05) is 35.5 Å². The highest BCUT2D eigenvalue weighted by Crippen LogP contribution is 2.31. The lowest BCUT2D eigenvalue weighted by Gasteiger charge is -2.23. The Hall–Kier alpha value is -2.95. The van der Waals surface area contributed by atoms with E-state index in [1.807, 2.05) is 25.2 Å². The van der Waals surface area contributed by atoms with E-state index in [1.54, 1.807) is 6.20 Å². The van der Waals surface area contributed by atoms with Gasteiger partial charge in [-0.15, -0.1) is 5.10 Å². The fraction of sp³-hybridized carbons (Fsp3) is 0.348. The predicted molar refractivity (Wildman–Crippen MR) is 114 cm³/mol. The van der Waals surface area contributed by atoms with Crippen LogP contribution in [-0.4, -0.2) is 35.2 Å². The Balaban J connectivity index is 1.74. The maximum atomic E-state index is 12.5. The van der Waals surface area contributed by atoms with E-state index in [4.69, 9.17) is 0 Å². The molecule has 1 amide bonds. The van der Waals surface area contributed by atoms with E-state index in [9.17, 15) is 4.79 Å². The maximum Gasteiger partial charge on any atom is 0.251 e. The van der Waals surface area contributed by atoms with E-state index >= 15 is 0 Å². The average molecular weight is 374 g/mol. The molecule has 28 heavy (non-hydrogen) atoms. The van der Waals surface area contributed by atoms with Gasteiger partial charge in [0.15, 0.2) is 5.82 Å². The Bertz CT molecular complexity index is 1040. The highest BCUT2D eigenvalue weighted by atomic mass is 16.1. The summed E-state index contributed by atoms with van der Waals surface area (Å²) in [4.78, 5) is 14.6. The molecule has 144 valence electrons. The largest absolute Gasteiger partial charge is 0.355 e. The highest BCUT2D eigenvalue weighted by molar-refractivity contribution is 5.98. The van der Waals surface area contributed by atoms with Gasteiger partial charge in [-0.05, 0) is 74.6 Å². The quantitative estimate of drug-likeness (QED) is 0.722.